The SMILES string of the molecule is C[C@@H]1O[C@@H](O[C@@H]2[C@@H](O)[C@H](OCCCN)O[C@H](CO)[C@H]2O)[C@H](O)[C@H](O[C@@H]2O[C@H](CO)[C@@H](O)[C@H](O[C@@H]3O[C@H](CO)[C@@H](O)[C@H](O)[C@@H]3O)[C@@H]2O)[C@H]1O. The second-order valence-electron chi connectivity index (χ2n) is 12.1. The van der Waals surface area contributed by atoms with Gasteiger partial charge in [0.25, 0.3) is 0 Å². The van der Waals surface area contributed by atoms with Crippen LogP contribution in [0.4, 0.5) is 0 Å². The minimum atomic E-state index is -1.98. The summed E-state index contributed by atoms with van der Waals surface area (Å²) in [5.41, 5.74) is 5.47. The zero-order valence-electron chi connectivity index (χ0n) is 26.0. The van der Waals surface area contributed by atoms with Gasteiger partial charge in [-0.3, -0.25) is 0 Å². The lowest BCUT2D eigenvalue weighted by atomic mass is 9.95. The monoisotopic (exact) mass is 707 g/mol. The number of rotatable bonds is 13. The van der Waals surface area contributed by atoms with E-state index < -0.39 is 143 Å². The molecule has 0 aromatic rings. The van der Waals surface area contributed by atoms with E-state index in [1.165, 1.54) is 6.92 Å². The smallest absolute Gasteiger partial charge is 0.187 e. The minimum absolute atomic E-state index is 0.0647. The van der Waals surface area contributed by atoms with Crippen LogP contribution in [0.3, 0.4) is 0 Å². The third kappa shape index (κ3) is 8.44. The fourth-order valence-corrected chi connectivity index (χ4v) is 5.88. The van der Waals surface area contributed by atoms with Crippen molar-refractivity contribution in [3.63, 3.8) is 0 Å². The third-order valence-corrected chi connectivity index (χ3v) is 8.78. The number of aliphatic hydroxyl groups excluding tert-OH is 12. The number of aliphatic hydroxyl groups is 12. The van der Waals surface area contributed by atoms with Crippen molar-refractivity contribution in [2.75, 3.05) is 33.0 Å². The van der Waals surface area contributed by atoms with Crippen molar-refractivity contribution in [3.8, 4) is 0 Å². The summed E-state index contributed by atoms with van der Waals surface area (Å²) in [6.07, 6.45) is -32.8. The molecule has 21 nitrogen and oxygen atoms in total. The Balaban J connectivity index is 1.50. The molecule has 48 heavy (non-hydrogen) atoms. The fourth-order valence-electron chi connectivity index (χ4n) is 5.88. The quantitative estimate of drug-likeness (QED) is 0.0790. The van der Waals surface area contributed by atoms with Crippen LogP contribution < -0.4 is 5.73 Å². The average molecular weight is 708 g/mol. The molecule has 0 aromatic carbocycles. The summed E-state index contributed by atoms with van der Waals surface area (Å²) in [4.78, 5) is 0. The zero-order valence-corrected chi connectivity index (χ0v) is 26.0. The fraction of sp³-hybridized carbons (Fsp3) is 1.00. The van der Waals surface area contributed by atoms with Gasteiger partial charge in [0.1, 0.15) is 91.6 Å². The Kier molecular flexibility index (Phi) is 14.6. The first-order valence-corrected chi connectivity index (χ1v) is 15.6. The lowest BCUT2D eigenvalue weighted by molar-refractivity contribution is -0.388. The topological polar surface area (TPSA) is 343 Å². The van der Waals surface area contributed by atoms with Crippen molar-refractivity contribution < 1.29 is 99.2 Å². The van der Waals surface area contributed by atoms with Crippen molar-refractivity contribution in [1.82, 2.24) is 0 Å². The molecule has 4 heterocycles. The number of hydrogen-bond acceptors (Lipinski definition) is 21. The molecule has 4 aliphatic heterocycles. The largest absolute Gasteiger partial charge is 0.394 e. The molecule has 4 fully saturated rings. The molecule has 0 radical (unpaired) electrons. The average Bonchev–Trinajstić information content (AvgIpc) is 3.07. The Bertz CT molecular complexity index is 970. The van der Waals surface area contributed by atoms with Gasteiger partial charge in [-0.1, -0.05) is 0 Å². The van der Waals surface area contributed by atoms with E-state index >= 15 is 0 Å². The van der Waals surface area contributed by atoms with E-state index in [2.05, 4.69) is 0 Å². The Morgan fingerprint density at radius 1 is 0.479 bits per heavy atom. The lowest BCUT2D eigenvalue weighted by Crippen LogP contribution is -2.67. The van der Waals surface area contributed by atoms with E-state index in [0.717, 1.165) is 0 Å². The van der Waals surface area contributed by atoms with Crippen LogP contribution in [0.1, 0.15) is 13.3 Å². The van der Waals surface area contributed by atoms with Gasteiger partial charge in [-0.2, -0.15) is 0 Å². The highest BCUT2D eigenvalue weighted by Crippen LogP contribution is 2.34. The molecule has 0 saturated carbocycles. The highest BCUT2D eigenvalue weighted by atomic mass is 16.8. The van der Waals surface area contributed by atoms with Gasteiger partial charge in [-0.05, 0) is 19.9 Å². The second-order valence-corrected chi connectivity index (χ2v) is 12.1. The Morgan fingerprint density at radius 3 is 1.35 bits per heavy atom. The molecule has 4 saturated heterocycles. The summed E-state index contributed by atoms with van der Waals surface area (Å²) < 4.78 is 44.3. The molecular formula is C27H49NO20. The van der Waals surface area contributed by atoms with E-state index in [-0.39, 0.29) is 13.2 Å². The van der Waals surface area contributed by atoms with Crippen LogP contribution in [0, 0.1) is 0 Å². The zero-order chi connectivity index (χ0) is 35.4. The van der Waals surface area contributed by atoms with Crippen molar-refractivity contribution in [3.05, 3.63) is 0 Å². The van der Waals surface area contributed by atoms with Crippen molar-refractivity contribution in [2.24, 2.45) is 5.73 Å². The van der Waals surface area contributed by atoms with Crippen LogP contribution in [0.15, 0.2) is 0 Å². The summed E-state index contributed by atoms with van der Waals surface area (Å²) in [7, 11) is 0. The molecule has 0 aromatic heterocycles. The summed E-state index contributed by atoms with van der Waals surface area (Å²) in [6, 6.07) is 0. The second kappa shape index (κ2) is 17.6. The van der Waals surface area contributed by atoms with Crippen LogP contribution in [0.2, 0.25) is 0 Å². The normalized spacial score (nSPS) is 50.4. The van der Waals surface area contributed by atoms with Crippen molar-refractivity contribution >= 4 is 0 Å². The molecule has 21 heteroatoms. The highest BCUT2D eigenvalue weighted by Gasteiger charge is 2.55. The number of hydrogen-bond donors (Lipinski definition) is 13. The van der Waals surface area contributed by atoms with Crippen LogP contribution in [-0.4, -0.2) is 217 Å². The summed E-state index contributed by atoms with van der Waals surface area (Å²) in [5, 5.41) is 125. The Labute approximate surface area is 274 Å². The third-order valence-electron chi connectivity index (χ3n) is 8.78. The van der Waals surface area contributed by atoms with Crippen molar-refractivity contribution in [1.29, 1.82) is 0 Å². The molecule has 4 aliphatic rings. The maximum Gasteiger partial charge on any atom is 0.187 e. The molecule has 0 bridgehead atoms. The van der Waals surface area contributed by atoms with Gasteiger partial charge in [0, 0.05) is 0 Å². The molecule has 0 aliphatic carbocycles. The molecular weight excluding hydrogens is 658 g/mol. The van der Waals surface area contributed by atoms with E-state index in [1.54, 1.807) is 0 Å². The predicted octanol–water partition coefficient (Wildman–Crippen LogP) is -8.35. The van der Waals surface area contributed by atoms with E-state index in [1.807, 2.05) is 0 Å². The maximum atomic E-state index is 11.2. The standard InChI is InChI=1S/C27H49NO20/c1-8-12(32)21(19(39)26(42-8)48-22-14(34)10(6-30)43-24(18(22)38)41-4-2-3-28)46-27-20(40)23(15(35)11(7-31)45-27)47-25-17(37)16(36)13(33)9(5-29)44-25/h8-27,29-40H,2-7,28H2,1H3/t8-,9+,10+,11+,12-,13+,14+,15+,16-,17-,18+,19+,20-,21+,22-,23-,24+,25-,26-,27-/m0/s1. The summed E-state index contributed by atoms with van der Waals surface area (Å²) in [6.45, 7) is -0.630. The molecule has 0 spiro atoms. The summed E-state index contributed by atoms with van der Waals surface area (Å²) in [5.74, 6) is 0. The van der Waals surface area contributed by atoms with Gasteiger partial charge in [0.15, 0.2) is 25.2 Å². The highest BCUT2D eigenvalue weighted by molar-refractivity contribution is 4.97. The molecule has 14 N–H and O–H groups in total. The molecule has 4 rings (SSSR count). The lowest BCUT2D eigenvalue weighted by Gasteiger charge is -2.49. The van der Waals surface area contributed by atoms with Gasteiger partial charge in [0.2, 0.25) is 0 Å². The Morgan fingerprint density at radius 2 is 0.875 bits per heavy atom. The van der Waals surface area contributed by atoms with Crippen LogP contribution in [0.5, 0.6) is 0 Å². The van der Waals surface area contributed by atoms with Crippen molar-refractivity contribution in [2.45, 2.75) is 136 Å². The van der Waals surface area contributed by atoms with E-state index in [9.17, 15) is 61.3 Å². The Hall–Kier alpha value is -0.840. The first kappa shape index (κ1) is 39.9. The first-order valence-electron chi connectivity index (χ1n) is 15.6. The summed E-state index contributed by atoms with van der Waals surface area (Å²) >= 11 is 0. The molecule has 0 unspecified atom stereocenters. The maximum absolute atomic E-state index is 11.2. The number of ether oxygens (including phenoxy) is 8. The van der Waals surface area contributed by atoms with Crippen LogP contribution in [-0.2, 0) is 37.9 Å². The van der Waals surface area contributed by atoms with E-state index in [4.69, 9.17) is 43.6 Å². The number of nitrogens with two attached hydrogens (primary N) is 1. The van der Waals surface area contributed by atoms with Crippen LogP contribution >= 0.6 is 0 Å². The molecule has 0 amide bonds. The van der Waals surface area contributed by atoms with E-state index in [0.29, 0.717) is 6.42 Å². The minimum Gasteiger partial charge on any atom is -0.394 e. The molecule has 20 atom stereocenters. The first-order chi connectivity index (χ1) is 22.8. The predicted molar refractivity (Wildman–Crippen MR) is 150 cm³/mol. The van der Waals surface area contributed by atoms with Gasteiger partial charge >= 0.3 is 0 Å². The van der Waals surface area contributed by atoms with Gasteiger partial charge in [0.05, 0.1) is 32.5 Å². The van der Waals surface area contributed by atoms with Crippen LogP contribution in [0.25, 0.3) is 0 Å². The molecule has 282 valence electrons. The van der Waals surface area contributed by atoms with Gasteiger partial charge < -0.3 is 105 Å². The van der Waals surface area contributed by atoms with Gasteiger partial charge in [-0.25, -0.2) is 0 Å². The van der Waals surface area contributed by atoms with Gasteiger partial charge in [-0.15, -0.1) is 0 Å².